The number of nitrogens with zero attached hydrogens (tertiary/aromatic N) is 2. The lowest BCUT2D eigenvalue weighted by molar-refractivity contribution is -0.119. The molecule has 0 aliphatic heterocycles. The zero-order valence-electron chi connectivity index (χ0n) is 12.8. The van der Waals surface area contributed by atoms with E-state index in [2.05, 4.69) is 29.6 Å². The van der Waals surface area contributed by atoms with E-state index in [-0.39, 0.29) is 5.91 Å². The van der Waals surface area contributed by atoms with Gasteiger partial charge in [-0.05, 0) is 25.5 Å². The third-order valence-electron chi connectivity index (χ3n) is 3.31. The lowest BCUT2D eigenvalue weighted by Gasteiger charge is -2.11. The highest BCUT2D eigenvalue weighted by Gasteiger charge is 2.07. The van der Waals surface area contributed by atoms with Crippen LogP contribution < -0.4 is 10.6 Å². The quantitative estimate of drug-likeness (QED) is 0.857. The molecule has 5 heteroatoms. The minimum atomic E-state index is 0.0110. The van der Waals surface area contributed by atoms with Crippen molar-refractivity contribution < 1.29 is 4.79 Å². The van der Waals surface area contributed by atoms with Crippen molar-refractivity contribution in [2.45, 2.75) is 32.9 Å². The molecule has 0 fully saturated rings. The molecule has 0 aliphatic carbocycles. The van der Waals surface area contributed by atoms with Crippen molar-refractivity contribution in [3.05, 3.63) is 47.8 Å². The summed E-state index contributed by atoms with van der Waals surface area (Å²) in [7, 11) is 1.65. The summed E-state index contributed by atoms with van der Waals surface area (Å²) in [6.45, 7) is 4.89. The van der Waals surface area contributed by atoms with Gasteiger partial charge in [-0.2, -0.15) is 5.10 Å². The van der Waals surface area contributed by atoms with E-state index >= 15 is 0 Å². The molecule has 1 aromatic carbocycles. The average Bonchev–Trinajstić information content (AvgIpc) is 2.95. The largest absolute Gasteiger partial charge is 0.381 e. The van der Waals surface area contributed by atoms with Gasteiger partial charge in [0.25, 0.3) is 0 Å². The molecular formula is C16H22N4O. The number of anilines is 1. The molecule has 2 N–H and O–H groups in total. The predicted molar refractivity (Wildman–Crippen MR) is 84.2 cm³/mol. The van der Waals surface area contributed by atoms with Gasteiger partial charge >= 0.3 is 0 Å². The number of para-hydroxylation sites is 1. The molecule has 0 aliphatic rings. The number of hydrogen-bond acceptors (Lipinski definition) is 3. The Balaban J connectivity index is 2.03. The third-order valence-corrected chi connectivity index (χ3v) is 3.31. The molecule has 21 heavy (non-hydrogen) atoms. The zero-order valence-corrected chi connectivity index (χ0v) is 12.8. The van der Waals surface area contributed by atoms with Gasteiger partial charge in [0.2, 0.25) is 5.91 Å². The number of benzene rings is 1. The van der Waals surface area contributed by atoms with Gasteiger partial charge in [-0.15, -0.1) is 0 Å². The van der Waals surface area contributed by atoms with Crippen molar-refractivity contribution in [1.29, 1.82) is 0 Å². The van der Waals surface area contributed by atoms with Gasteiger partial charge < -0.3 is 10.6 Å². The topological polar surface area (TPSA) is 59.0 Å². The van der Waals surface area contributed by atoms with Gasteiger partial charge in [0.15, 0.2) is 0 Å². The normalized spacial score (nSPS) is 10.7. The second kappa shape index (κ2) is 6.92. The maximum Gasteiger partial charge on any atom is 0.224 e. The third kappa shape index (κ3) is 4.08. The number of hydrogen-bond donors (Lipinski definition) is 2. The Morgan fingerprint density at radius 3 is 2.76 bits per heavy atom. The van der Waals surface area contributed by atoms with Gasteiger partial charge in [0, 0.05) is 37.1 Å². The van der Waals surface area contributed by atoms with Crippen LogP contribution in [-0.2, 0) is 17.8 Å². The molecule has 0 bridgehead atoms. The first-order valence-corrected chi connectivity index (χ1v) is 7.15. The molecule has 5 nitrogen and oxygen atoms in total. The maximum atomic E-state index is 11.5. The first-order valence-electron chi connectivity index (χ1n) is 7.15. The first-order chi connectivity index (χ1) is 10.1. The van der Waals surface area contributed by atoms with E-state index in [4.69, 9.17) is 0 Å². The average molecular weight is 286 g/mol. The monoisotopic (exact) mass is 286 g/mol. The zero-order chi connectivity index (χ0) is 15.2. The summed E-state index contributed by atoms with van der Waals surface area (Å²) in [6, 6.07) is 8.23. The van der Waals surface area contributed by atoms with Crippen molar-refractivity contribution in [3.63, 3.8) is 0 Å². The van der Waals surface area contributed by atoms with Gasteiger partial charge in [0.05, 0.1) is 12.6 Å². The van der Waals surface area contributed by atoms with Crippen molar-refractivity contribution in [1.82, 2.24) is 15.1 Å². The van der Waals surface area contributed by atoms with Crippen molar-refractivity contribution >= 4 is 11.6 Å². The van der Waals surface area contributed by atoms with E-state index in [1.165, 1.54) is 0 Å². The van der Waals surface area contributed by atoms with Crippen LogP contribution in [0.3, 0.4) is 0 Å². The Kier molecular flexibility index (Phi) is 4.98. The molecule has 0 saturated carbocycles. The summed E-state index contributed by atoms with van der Waals surface area (Å²) < 4.78 is 1.94. The Labute approximate surface area is 125 Å². The van der Waals surface area contributed by atoms with Crippen molar-refractivity contribution in [3.8, 4) is 0 Å². The van der Waals surface area contributed by atoms with Gasteiger partial charge in [-0.25, -0.2) is 0 Å². The SMILES string of the molecule is CNC(=O)Cc1ccccc1NCc1cnn(C(C)C)c1. The summed E-state index contributed by atoms with van der Waals surface area (Å²) in [5.74, 6) is 0.0110. The minimum Gasteiger partial charge on any atom is -0.381 e. The lowest BCUT2D eigenvalue weighted by Crippen LogP contribution is -2.20. The fourth-order valence-electron chi connectivity index (χ4n) is 2.06. The standard InChI is InChI=1S/C16H22N4O/c1-12(2)20-11-13(10-19-20)9-18-15-7-5-4-6-14(15)8-16(21)17-3/h4-7,10-12,18H,8-9H2,1-3H3,(H,17,21). The number of aromatic nitrogens is 2. The first kappa shape index (κ1) is 15.1. The van der Waals surface area contributed by atoms with Crippen LogP contribution in [-0.4, -0.2) is 22.7 Å². The molecule has 1 heterocycles. The lowest BCUT2D eigenvalue weighted by atomic mass is 10.1. The van der Waals surface area contributed by atoms with Crippen LogP contribution in [0.5, 0.6) is 0 Å². The van der Waals surface area contributed by atoms with E-state index < -0.39 is 0 Å². The number of carbonyl (C=O) groups is 1. The molecule has 0 unspecified atom stereocenters. The summed E-state index contributed by atoms with van der Waals surface area (Å²) in [4.78, 5) is 11.5. The maximum absolute atomic E-state index is 11.5. The molecule has 0 radical (unpaired) electrons. The second-order valence-electron chi connectivity index (χ2n) is 5.28. The fourth-order valence-corrected chi connectivity index (χ4v) is 2.06. The molecule has 2 aromatic rings. The molecule has 0 saturated heterocycles. The minimum absolute atomic E-state index is 0.0110. The molecule has 0 atom stereocenters. The summed E-state index contributed by atoms with van der Waals surface area (Å²) in [5, 5.41) is 10.4. The fraction of sp³-hybridized carbons (Fsp3) is 0.375. The number of amides is 1. The van der Waals surface area contributed by atoms with Gasteiger partial charge in [-0.3, -0.25) is 9.48 Å². The number of carbonyl (C=O) groups excluding carboxylic acids is 1. The van der Waals surface area contributed by atoms with E-state index in [0.717, 1.165) is 16.8 Å². The highest BCUT2D eigenvalue weighted by atomic mass is 16.1. The van der Waals surface area contributed by atoms with Crippen LogP contribution in [0, 0.1) is 0 Å². The van der Waals surface area contributed by atoms with Crippen LogP contribution in [0.2, 0.25) is 0 Å². The van der Waals surface area contributed by atoms with Crippen LogP contribution in [0.4, 0.5) is 5.69 Å². The molecular weight excluding hydrogens is 264 g/mol. The number of likely N-dealkylation sites (N-methyl/N-ethyl adjacent to an activating group) is 1. The van der Waals surface area contributed by atoms with E-state index in [9.17, 15) is 4.79 Å². The van der Waals surface area contributed by atoms with Gasteiger partial charge in [0.1, 0.15) is 0 Å². The highest BCUT2D eigenvalue weighted by Crippen LogP contribution is 2.17. The molecule has 1 amide bonds. The van der Waals surface area contributed by atoms with Crippen molar-refractivity contribution in [2.24, 2.45) is 0 Å². The Hall–Kier alpha value is -2.30. The Morgan fingerprint density at radius 1 is 1.33 bits per heavy atom. The van der Waals surface area contributed by atoms with E-state index in [0.29, 0.717) is 19.0 Å². The second-order valence-corrected chi connectivity index (χ2v) is 5.28. The number of nitrogens with one attached hydrogen (secondary N) is 2. The van der Waals surface area contributed by atoms with Crippen LogP contribution >= 0.6 is 0 Å². The Bertz CT molecular complexity index is 604. The number of rotatable bonds is 6. The van der Waals surface area contributed by atoms with E-state index in [1.807, 2.05) is 41.3 Å². The summed E-state index contributed by atoms with van der Waals surface area (Å²) in [5.41, 5.74) is 3.10. The molecule has 1 aromatic heterocycles. The van der Waals surface area contributed by atoms with Crippen molar-refractivity contribution in [2.75, 3.05) is 12.4 Å². The van der Waals surface area contributed by atoms with Crippen LogP contribution in [0.25, 0.3) is 0 Å². The van der Waals surface area contributed by atoms with Gasteiger partial charge in [-0.1, -0.05) is 18.2 Å². The van der Waals surface area contributed by atoms with E-state index in [1.54, 1.807) is 7.05 Å². The predicted octanol–water partition coefficient (Wildman–Crippen LogP) is 2.36. The summed E-state index contributed by atoms with van der Waals surface area (Å²) >= 11 is 0. The molecule has 2 rings (SSSR count). The molecule has 0 spiro atoms. The van der Waals surface area contributed by atoms with Crippen LogP contribution in [0.15, 0.2) is 36.7 Å². The summed E-state index contributed by atoms with van der Waals surface area (Å²) in [6.07, 6.45) is 4.29. The van der Waals surface area contributed by atoms with Crippen LogP contribution in [0.1, 0.15) is 31.0 Å². The molecule has 112 valence electrons. The highest BCUT2D eigenvalue weighted by molar-refractivity contribution is 5.80. The smallest absolute Gasteiger partial charge is 0.224 e. The Morgan fingerprint density at radius 2 is 2.10 bits per heavy atom.